The molecule has 0 amide bonds. The summed E-state index contributed by atoms with van der Waals surface area (Å²) in [6.45, 7) is 0. The first-order valence-electron chi connectivity index (χ1n) is 7.05. The van der Waals surface area contributed by atoms with Crippen molar-refractivity contribution in [2.45, 2.75) is 17.4 Å². The van der Waals surface area contributed by atoms with Gasteiger partial charge in [-0.25, -0.2) is 24.5 Å². The van der Waals surface area contributed by atoms with Crippen LogP contribution in [0.2, 0.25) is 0 Å². The maximum absolute atomic E-state index is 12.6. The topological polar surface area (TPSA) is 75.9 Å². The van der Waals surface area contributed by atoms with Crippen molar-refractivity contribution in [2.24, 2.45) is 9.36 Å². The third kappa shape index (κ3) is 3.97. The van der Waals surface area contributed by atoms with Crippen LogP contribution >= 0.6 is 0 Å². The summed E-state index contributed by atoms with van der Waals surface area (Å²) in [6.07, 6.45) is -3.82. The summed E-state index contributed by atoms with van der Waals surface area (Å²) >= 11 is 0. The van der Waals surface area contributed by atoms with Crippen molar-refractivity contribution in [3.05, 3.63) is 54.2 Å². The van der Waals surface area contributed by atoms with Gasteiger partial charge >= 0.3 is 6.18 Å². The minimum absolute atomic E-state index is 0.0316. The molecule has 25 heavy (non-hydrogen) atoms. The van der Waals surface area contributed by atoms with Crippen LogP contribution in [0.25, 0.3) is 0 Å². The molecular formula is C15H13F3N4O2S. The van der Waals surface area contributed by atoms with E-state index in [1.807, 2.05) is 0 Å². The van der Waals surface area contributed by atoms with Crippen LogP contribution in [0.1, 0.15) is 5.56 Å². The summed E-state index contributed by atoms with van der Waals surface area (Å²) in [7, 11) is -2.73. The molecule has 2 heterocycles. The average Bonchev–Trinajstić information content (AvgIpc) is 3.06. The van der Waals surface area contributed by atoms with Crippen LogP contribution in [0.5, 0.6) is 0 Å². The van der Waals surface area contributed by atoms with Gasteiger partial charge in [-0.15, -0.1) is 0 Å². The molecule has 1 aromatic carbocycles. The van der Waals surface area contributed by atoms with Gasteiger partial charge in [0.1, 0.15) is 5.03 Å². The quantitative estimate of drug-likeness (QED) is 0.901. The van der Waals surface area contributed by atoms with Gasteiger partial charge < -0.3 is 0 Å². The fourth-order valence-electron chi connectivity index (χ4n) is 2.05. The fraction of sp³-hybridized carbons (Fsp3) is 0.200. The minimum atomic E-state index is -4.58. The lowest BCUT2D eigenvalue weighted by Crippen LogP contribution is -2.29. The molecule has 1 aromatic heterocycles. The van der Waals surface area contributed by atoms with Gasteiger partial charge in [0, 0.05) is 18.0 Å². The number of amidine groups is 1. The first-order valence-corrected chi connectivity index (χ1v) is 8.98. The van der Waals surface area contributed by atoms with Gasteiger partial charge in [-0.1, -0.05) is 6.07 Å². The molecule has 0 spiro atoms. The number of hydrogen-bond acceptors (Lipinski definition) is 6. The molecule has 1 aliphatic heterocycles. The number of nitrogens with one attached hydrogen (secondary N) is 1. The number of aliphatic imine (C=N–C) groups is 1. The molecule has 2 aromatic rings. The average molecular weight is 370 g/mol. The highest BCUT2D eigenvalue weighted by atomic mass is 32.2. The highest BCUT2D eigenvalue weighted by molar-refractivity contribution is 7.93. The Hall–Kier alpha value is -2.46. The van der Waals surface area contributed by atoms with E-state index in [-0.39, 0.29) is 5.84 Å². The summed E-state index contributed by atoms with van der Waals surface area (Å²) in [4.78, 5) is 11.9. The van der Waals surface area contributed by atoms with Crippen LogP contribution < -0.4 is 5.48 Å². The number of rotatable bonds is 3. The number of hydrogen-bond donors (Lipinski definition) is 1. The van der Waals surface area contributed by atoms with Crippen molar-refractivity contribution < 1.29 is 22.2 Å². The van der Waals surface area contributed by atoms with Gasteiger partial charge in [0.2, 0.25) is 0 Å². The Labute approximate surface area is 141 Å². The lowest BCUT2D eigenvalue weighted by atomic mass is 10.2. The van der Waals surface area contributed by atoms with E-state index in [9.17, 15) is 17.4 Å². The highest BCUT2D eigenvalue weighted by Gasteiger charge is 2.44. The zero-order chi connectivity index (χ0) is 18.1. The molecule has 0 radical (unpaired) electrons. The van der Waals surface area contributed by atoms with Crippen molar-refractivity contribution in [2.75, 3.05) is 6.26 Å². The smallest absolute Gasteiger partial charge is 0.246 e. The van der Waals surface area contributed by atoms with Crippen molar-refractivity contribution in [1.29, 1.82) is 0 Å². The number of aromatic nitrogens is 1. The Morgan fingerprint density at radius 1 is 1.20 bits per heavy atom. The largest absolute Gasteiger partial charge is 0.437 e. The second-order valence-electron chi connectivity index (χ2n) is 5.20. The van der Waals surface area contributed by atoms with E-state index >= 15 is 0 Å². The predicted molar refractivity (Wildman–Crippen MR) is 85.7 cm³/mol. The Morgan fingerprint density at radius 2 is 1.92 bits per heavy atom. The van der Waals surface area contributed by atoms with E-state index in [4.69, 9.17) is 0 Å². The van der Waals surface area contributed by atoms with Gasteiger partial charge in [-0.2, -0.15) is 17.5 Å². The monoisotopic (exact) mass is 370 g/mol. The Balaban J connectivity index is 1.84. The normalized spacial score (nSPS) is 19.7. The summed E-state index contributed by atoms with van der Waals surface area (Å²) in [5.41, 5.74) is 2.96. The number of alkyl halides is 3. The summed E-state index contributed by atoms with van der Waals surface area (Å²) in [6, 6.07) is 11.1. The van der Waals surface area contributed by atoms with Crippen LogP contribution in [0, 0.1) is 0 Å². The third-order valence-electron chi connectivity index (χ3n) is 3.24. The molecule has 0 fully saturated rings. The van der Waals surface area contributed by atoms with Gasteiger partial charge in [0.25, 0.3) is 6.23 Å². The Bertz CT molecular complexity index is 905. The van der Waals surface area contributed by atoms with Gasteiger partial charge in [0.05, 0.1) is 15.4 Å². The molecule has 0 saturated carbocycles. The van der Waals surface area contributed by atoms with E-state index in [1.54, 1.807) is 18.2 Å². The van der Waals surface area contributed by atoms with Crippen molar-refractivity contribution in [1.82, 2.24) is 10.5 Å². The van der Waals surface area contributed by atoms with Crippen LogP contribution in [0.4, 0.5) is 18.9 Å². The third-order valence-corrected chi connectivity index (χ3v) is 4.82. The van der Waals surface area contributed by atoms with Crippen LogP contribution in [-0.2, 0) is 14.6 Å². The Morgan fingerprint density at radius 3 is 2.48 bits per heavy atom. The van der Waals surface area contributed by atoms with E-state index < -0.39 is 22.1 Å². The molecule has 2 atom stereocenters. The second kappa shape index (κ2) is 6.45. The Kier molecular flexibility index (Phi) is 4.48. The van der Waals surface area contributed by atoms with Gasteiger partial charge in [0.15, 0.2) is 5.84 Å². The van der Waals surface area contributed by atoms with Gasteiger partial charge in [-0.05, 0) is 36.4 Å². The standard InChI is InChI=1S/C15H13F3N4O2S/c1-25(23,12-4-2-3-9-19-12)22-11-7-5-10(6-8-11)13-20-14(24-21-13)15(16,17)18/h2-9,14H,1H3,(H,20,21). The number of hydroxylamine groups is 1. The molecule has 10 heteroatoms. The van der Waals surface area contributed by atoms with Crippen LogP contribution in [0.15, 0.2) is 63.0 Å². The zero-order valence-electron chi connectivity index (χ0n) is 12.9. The zero-order valence-corrected chi connectivity index (χ0v) is 13.7. The predicted octanol–water partition coefficient (Wildman–Crippen LogP) is 3.04. The molecule has 0 saturated heterocycles. The number of benzene rings is 1. The summed E-state index contributed by atoms with van der Waals surface area (Å²) in [5, 5.41) is 0.349. The van der Waals surface area contributed by atoms with E-state index in [2.05, 4.69) is 24.7 Å². The first-order chi connectivity index (χ1) is 11.8. The number of pyridine rings is 1. The molecule has 132 valence electrons. The van der Waals surface area contributed by atoms with Crippen molar-refractivity contribution in [3.63, 3.8) is 0 Å². The van der Waals surface area contributed by atoms with Gasteiger partial charge in [-0.3, -0.25) is 0 Å². The van der Waals surface area contributed by atoms with E-state index in [0.29, 0.717) is 16.3 Å². The van der Waals surface area contributed by atoms with Crippen molar-refractivity contribution in [3.8, 4) is 0 Å². The van der Waals surface area contributed by atoms with Crippen LogP contribution in [-0.4, -0.2) is 33.7 Å². The summed E-state index contributed by atoms with van der Waals surface area (Å²) < 4.78 is 54.4. The number of halogens is 3. The molecule has 0 aliphatic carbocycles. The van der Waals surface area contributed by atoms with E-state index in [1.165, 1.54) is 36.7 Å². The molecule has 6 nitrogen and oxygen atoms in total. The molecular weight excluding hydrogens is 357 g/mol. The van der Waals surface area contributed by atoms with Crippen LogP contribution in [0.3, 0.4) is 0 Å². The first kappa shape index (κ1) is 17.4. The maximum Gasteiger partial charge on any atom is 0.437 e. The minimum Gasteiger partial charge on any atom is -0.246 e. The molecule has 3 rings (SSSR count). The number of nitrogens with zero attached hydrogens (tertiary/aromatic N) is 3. The molecule has 1 aliphatic rings. The van der Waals surface area contributed by atoms with E-state index in [0.717, 1.165) is 0 Å². The summed E-state index contributed by atoms with van der Waals surface area (Å²) in [5.74, 6) is -0.0316. The fourth-order valence-corrected chi connectivity index (χ4v) is 3.26. The maximum atomic E-state index is 12.6. The molecule has 0 bridgehead atoms. The SMILES string of the molecule is CS(=O)(=Nc1ccc(C2=NC(C(F)(F)F)ON2)cc1)c1ccccn1. The molecule has 2 unspecified atom stereocenters. The lowest BCUT2D eigenvalue weighted by molar-refractivity contribution is -0.220. The second-order valence-corrected chi connectivity index (χ2v) is 7.41. The lowest BCUT2D eigenvalue weighted by Gasteiger charge is -2.08. The molecule has 1 N–H and O–H groups in total. The van der Waals surface area contributed by atoms with Crippen molar-refractivity contribution >= 4 is 21.3 Å². The highest BCUT2D eigenvalue weighted by Crippen LogP contribution is 2.27.